The second kappa shape index (κ2) is 8.73. The van der Waals surface area contributed by atoms with Crippen molar-refractivity contribution in [3.8, 4) is 10.6 Å². The van der Waals surface area contributed by atoms with Crippen molar-refractivity contribution in [3.05, 3.63) is 40.9 Å². The van der Waals surface area contributed by atoms with Gasteiger partial charge < -0.3 is 14.7 Å². The summed E-state index contributed by atoms with van der Waals surface area (Å²) in [6.07, 6.45) is 0. The van der Waals surface area contributed by atoms with Crippen molar-refractivity contribution in [2.75, 3.05) is 26.8 Å². The normalized spacial score (nSPS) is 10.9. The number of amides is 1. The summed E-state index contributed by atoms with van der Waals surface area (Å²) < 4.78 is 4.94. The molecule has 2 aromatic rings. The van der Waals surface area contributed by atoms with E-state index in [2.05, 4.69) is 31.0 Å². The molecule has 1 N–H and O–H groups in total. The first-order chi connectivity index (χ1) is 11.9. The zero-order valence-electron chi connectivity index (χ0n) is 14.6. The smallest absolute Gasteiger partial charge is 0.323 e. The summed E-state index contributed by atoms with van der Waals surface area (Å²) in [7, 11) is 1.51. The van der Waals surface area contributed by atoms with Gasteiger partial charge in [0.05, 0.1) is 6.61 Å². The Balaban J connectivity index is 2.17. The summed E-state index contributed by atoms with van der Waals surface area (Å²) in [6.45, 7) is 4.36. The number of rotatable bonds is 8. The third-order valence-corrected chi connectivity index (χ3v) is 4.62. The lowest BCUT2D eigenvalue weighted by Gasteiger charge is -2.18. The quantitative estimate of drug-likeness (QED) is 0.780. The topological polar surface area (TPSA) is 79.7 Å². The number of ether oxygens (including phenoxy) is 1. The number of carboxylic acids is 1. The number of nitrogens with zero attached hydrogens (tertiary/aromatic N) is 2. The molecule has 0 bridgehead atoms. The van der Waals surface area contributed by atoms with Crippen LogP contribution in [0, 0.1) is 0 Å². The maximum atomic E-state index is 12.5. The van der Waals surface area contributed by atoms with Gasteiger partial charge in [-0.1, -0.05) is 38.1 Å². The van der Waals surface area contributed by atoms with E-state index in [1.165, 1.54) is 28.9 Å². The highest BCUT2D eigenvalue weighted by atomic mass is 32.1. The lowest BCUT2D eigenvalue weighted by Crippen LogP contribution is -2.38. The molecule has 1 heterocycles. The van der Waals surface area contributed by atoms with Crippen LogP contribution in [0.1, 0.15) is 35.8 Å². The number of carboxylic acid groups (broad SMARTS) is 1. The number of aliphatic carboxylic acids is 1. The highest BCUT2D eigenvalue weighted by molar-refractivity contribution is 7.13. The summed E-state index contributed by atoms with van der Waals surface area (Å²) in [6, 6.07) is 8.08. The van der Waals surface area contributed by atoms with Crippen molar-refractivity contribution >= 4 is 23.2 Å². The van der Waals surface area contributed by atoms with Crippen molar-refractivity contribution in [3.63, 3.8) is 0 Å². The van der Waals surface area contributed by atoms with E-state index in [1.807, 2.05) is 12.1 Å². The Bertz CT molecular complexity index is 725. The number of carbonyl (C=O) groups excluding carboxylic acids is 1. The van der Waals surface area contributed by atoms with Crippen LogP contribution in [0.25, 0.3) is 10.6 Å². The lowest BCUT2D eigenvalue weighted by atomic mass is 10.0. The average molecular weight is 362 g/mol. The van der Waals surface area contributed by atoms with Gasteiger partial charge in [0.25, 0.3) is 5.91 Å². The maximum absolute atomic E-state index is 12.5. The summed E-state index contributed by atoms with van der Waals surface area (Å²) in [4.78, 5) is 29.1. The largest absolute Gasteiger partial charge is 0.480 e. The molecule has 0 unspecified atom stereocenters. The van der Waals surface area contributed by atoms with Gasteiger partial charge in [0.1, 0.15) is 17.2 Å². The van der Waals surface area contributed by atoms with Crippen molar-refractivity contribution in [1.82, 2.24) is 9.88 Å². The predicted octanol–water partition coefficient (Wildman–Crippen LogP) is 3.11. The molecule has 7 heteroatoms. The van der Waals surface area contributed by atoms with Crippen LogP contribution in [0.3, 0.4) is 0 Å². The molecule has 6 nitrogen and oxygen atoms in total. The predicted molar refractivity (Wildman–Crippen MR) is 97.1 cm³/mol. The van der Waals surface area contributed by atoms with Gasteiger partial charge in [-0.2, -0.15) is 0 Å². The molecule has 0 atom stereocenters. The van der Waals surface area contributed by atoms with E-state index >= 15 is 0 Å². The van der Waals surface area contributed by atoms with Crippen LogP contribution in [-0.2, 0) is 9.53 Å². The Morgan fingerprint density at radius 3 is 2.52 bits per heavy atom. The zero-order valence-corrected chi connectivity index (χ0v) is 15.4. The first-order valence-electron chi connectivity index (χ1n) is 7.98. The standard InChI is InChI=1S/C18H22N2O4S/c1-12(2)13-4-6-14(7-5-13)17-19-15(11-25-17)18(23)20(8-9-24-3)10-16(21)22/h4-7,11-12H,8-10H2,1-3H3,(H,21,22). The number of benzene rings is 1. The van der Waals surface area contributed by atoms with Gasteiger partial charge in [-0.3, -0.25) is 9.59 Å². The van der Waals surface area contributed by atoms with Gasteiger partial charge in [0.2, 0.25) is 0 Å². The summed E-state index contributed by atoms with van der Waals surface area (Å²) in [5.74, 6) is -1.02. The van der Waals surface area contributed by atoms with Gasteiger partial charge in [-0.15, -0.1) is 11.3 Å². The van der Waals surface area contributed by atoms with Gasteiger partial charge >= 0.3 is 5.97 Å². The SMILES string of the molecule is COCCN(CC(=O)O)C(=O)c1csc(-c2ccc(C(C)C)cc2)n1. The Morgan fingerprint density at radius 2 is 1.96 bits per heavy atom. The van der Waals surface area contributed by atoms with Crippen LogP contribution < -0.4 is 0 Å². The molecule has 0 saturated heterocycles. The Kier molecular flexibility index (Phi) is 6.66. The Labute approximate surface area is 151 Å². The molecule has 1 amide bonds. The van der Waals surface area contributed by atoms with Gasteiger partial charge in [0.15, 0.2) is 0 Å². The first-order valence-corrected chi connectivity index (χ1v) is 8.86. The Morgan fingerprint density at radius 1 is 1.28 bits per heavy atom. The number of hydrogen-bond donors (Lipinski definition) is 1. The van der Waals surface area contributed by atoms with E-state index in [4.69, 9.17) is 9.84 Å². The second-order valence-electron chi connectivity index (χ2n) is 5.93. The van der Waals surface area contributed by atoms with Crippen LogP contribution in [0.2, 0.25) is 0 Å². The molecule has 0 aliphatic rings. The second-order valence-corrected chi connectivity index (χ2v) is 6.79. The highest BCUT2D eigenvalue weighted by Gasteiger charge is 2.21. The van der Waals surface area contributed by atoms with Crippen LogP contribution in [0.5, 0.6) is 0 Å². The molecule has 0 fully saturated rings. The molecule has 0 spiro atoms. The lowest BCUT2D eigenvalue weighted by molar-refractivity contribution is -0.137. The molecule has 25 heavy (non-hydrogen) atoms. The van der Waals surface area contributed by atoms with Crippen molar-refractivity contribution < 1.29 is 19.4 Å². The van der Waals surface area contributed by atoms with Gasteiger partial charge in [-0.05, 0) is 11.5 Å². The fraction of sp³-hybridized carbons (Fsp3) is 0.389. The first kappa shape index (κ1) is 19.1. The molecule has 134 valence electrons. The van der Waals surface area contributed by atoms with Gasteiger partial charge in [-0.25, -0.2) is 4.98 Å². The Hall–Kier alpha value is -2.25. The average Bonchev–Trinajstić information content (AvgIpc) is 3.07. The molecule has 0 radical (unpaired) electrons. The fourth-order valence-electron chi connectivity index (χ4n) is 2.29. The summed E-state index contributed by atoms with van der Waals surface area (Å²) in [5, 5.41) is 11.4. The van der Waals surface area contributed by atoms with E-state index in [1.54, 1.807) is 5.38 Å². The van der Waals surface area contributed by atoms with E-state index in [-0.39, 0.29) is 25.4 Å². The molecular formula is C18H22N2O4S. The van der Waals surface area contributed by atoms with Crippen LogP contribution in [0.4, 0.5) is 0 Å². The zero-order chi connectivity index (χ0) is 18.4. The third-order valence-electron chi connectivity index (χ3n) is 3.73. The molecule has 2 rings (SSSR count). The molecule has 1 aromatic heterocycles. The number of methoxy groups -OCH3 is 1. The number of aromatic nitrogens is 1. The van der Waals surface area contributed by atoms with Crippen molar-refractivity contribution in [2.24, 2.45) is 0 Å². The van der Waals surface area contributed by atoms with Crippen molar-refractivity contribution in [2.45, 2.75) is 19.8 Å². The number of carbonyl (C=O) groups is 2. The van der Waals surface area contributed by atoms with E-state index in [0.717, 1.165) is 10.6 Å². The van der Waals surface area contributed by atoms with Crippen LogP contribution in [-0.4, -0.2) is 53.7 Å². The van der Waals surface area contributed by atoms with E-state index < -0.39 is 11.9 Å². The highest BCUT2D eigenvalue weighted by Crippen LogP contribution is 2.26. The van der Waals surface area contributed by atoms with E-state index in [0.29, 0.717) is 5.92 Å². The minimum absolute atomic E-state index is 0.206. The maximum Gasteiger partial charge on any atom is 0.323 e. The third kappa shape index (κ3) is 5.11. The van der Waals surface area contributed by atoms with Gasteiger partial charge in [0, 0.05) is 24.6 Å². The monoisotopic (exact) mass is 362 g/mol. The van der Waals surface area contributed by atoms with Crippen LogP contribution in [0.15, 0.2) is 29.6 Å². The van der Waals surface area contributed by atoms with E-state index in [9.17, 15) is 9.59 Å². The minimum Gasteiger partial charge on any atom is -0.480 e. The number of hydrogen-bond acceptors (Lipinski definition) is 5. The summed E-state index contributed by atoms with van der Waals surface area (Å²) in [5.41, 5.74) is 2.43. The van der Waals surface area contributed by atoms with Crippen molar-refractivity contribution in [1.29, 1.82) is 0 Å². The summed E-state index contributed by atoms with van der Waals surface area (Å²) >= 11 is 1.37. The molecule has 0 saturated carbocycles. The molecule has 0 aliphatic carbocycles. The minimum atomic E-state index is -1.07. The fourth-order valence-corrected chi connectivity index (χ4v) is 3.09. The molecule has 1 aromatic carbocycles. The molecule has 0 aliphatic heterocycles. The number of thiazole rings is 1. The molecular weight excluding hydrogens is 340 g/mol. The van der Waals surface area contributed by atoms with Crippen LogP contribution >= 0.6 is 11.3 Å².